The van der Waals surface area contributed by atoms with Crippen LogP contribution in [0.25, 0.3) is 93.6 Å². The minimum atomic E-state index is -0.0143. The molecule has 3 heteroatoms. The summed E-state index contributed by atoms with van der Waals surface area (Å²) in [4.78, 5) is 2.45. The zero-order valence-electron chi connectivity index (χ0n) is 40.1. The second-order valence-corrected chi connectivity index (χ2v) is 20.6. The molecule has 2 heterocycles. The molecule has 0 saturated carbocycles. The molecule has 0 radical (unpaired) electrons. The number of nitrogens with zero attached hydrogens (tertiary/aromatic N) is 2. The van der Waals surface area contributed by atoms with Gasteiger partial charge in [0.25, 0.3) is 0 Å². The highest BCUT2D eigenvalue weighted by Gasteiger charge is 2.25. The van der Waals surface area contributed by atoms with E-state index >= 15 is 0 Å². The summed E-state index contributed by atoms with van der Waals surface area (Å²) < 4.78 is 8.75. The van der Waals surface area contributed by atoms with Crippen molar-refractivity contribution in [3.63, 3.8) is 0 Å². The Labute approximate surface area is 404 Å². The lowest BCUT2D eigenvalue weighted by atomic mass is 9.78. The molecule has 0 N–H and O–H groups in total. The standard InChI is InChI=1S/C66H54N2O/c1-65(2,3)47-38-46(39-48(41-47)66(4,5)6)52-25-16-18-44-19-17-26-58(64(44)52)54-23-11-13-27-59(54)67(50-33-30-43(31-34-50)45-32-36-57-56-24-12-15-29-62(56)69-63(57)40-45)51-35-37-55-53-22-10-14-28-60(53)68(61(55)42-51)49-20-8-7-9-21-49/h7-42H,1-6H3. The van der Waals surface area contributed by atoms with Crippen LogP contribution in [0.5, 0.6) is 0 Å². The molecule has 0 fully saturated rings. The molecule has 0 unspecified atom stereocenters. The van der Waals surface area contributed by atoms with E-state index in [4.69, 9.17) is 4.42 Å². The highest BCUT2D eigenvalue weighted by atomic mass is 16.3. The van der Waals surface area contributed by atoms with Crippen molar-refractivity contribution in [3.8, 4) is 39.1 Å². The van der Waals surface area contributed by atoms with Crippen molar-refractivity contribution in [1.29, 1.82) is 0 Å². The average molecular weight is 891 g/mol. The van der Waals surface area contributed by atoms with Crippen LogP contribution in [-0.2, 0) is 10.8 Å². The van der Waals surface area contributed by atoms with E-state index in [0.717, 1.165) is 66.9 Å². The van der Waals surface area contributed by atoms with E-state index in [9.17, 15) is 0 Å². The van der Waals surface area contributed by atoms with Crippen molar-refractivity contribution in [2.24, 2.45) is 0 Å². The number of para-hydroxylation sites is 4. The summed E-state index contributed by atoms with van der Waals surface area (Å²) in [6, 6.07) is 80.2. The fourth-order valence-corrected chi connectivity index (χ4v) is 10.4. The molecule has 2 aromatic heterocycles. The van der Waals surface area contributed by atoms with Crippen molar-refractivity contribution in [2.75, 3.05) is 4.90 Å². The molecule has 0 aliphatic carbocycles. The van der Waals surface area contributed by atoms with E-state index < -0.39 is 0 Å². The first-order valence-electron chi connectivity index (χ1n) is 24.2. The molecule has 0 bridgehead atoms. The van der Waals surface area contributed by atoms with E-state index in [2.05, 4.69) is 257 Å². The topological polar surface area (TPSA) is 21.3 Å². The van der Waals surface area contributed by atoms with Crippen LogP contribution >= 0.6 is 0 Å². The van der Waals surface area contributed by atoms with E-state index in [1.165, 1.54) is 54.9 Å². The molecule has 0 atom stereocenters. The van der Waals surface area contributed by atoms with Crippen LogP contribution in [0.4, 0.5) is 17.1 Å². The van der Waals surface area contributed by atoms with Gasteiger partial charge in [0.1, 0.15) is 11.2 Å². The highest BCUT2D eigenvalue weighted by Crippen LogP contribution is 2.47. The van der Waals surface area contributed by atoms with Crippen LogP contribution in [-0.4, -0.2) is 4.57 Å². The second-order valence-electron chi connectivity index (χ2n) is 20.6. The quantitative estimate of drug-likeness (QED) is 0.159. The van der Waals surface area contributed by atoms with Crippen LogP contribution in [0, 0.1) is 0 Å². The van der Waals surface area contributed by atoms with E-state index in [-0.39, 0.29) is 10.8 Å². The van der Waals surface area contributed by atoms with Crippen molar-refractivity contribution >= 4 is 71.6 Å². The van der Waals surface area contributed by atoms with Gasteiger partial charge in [-0.15, -0.1) is 0 Å². The first-order chi connectivity index (χ1) is 33.5. The largest absolute Gasteiger partial charge is 0.456 e. The number of hydrogen-bond acceptors (Lipinski definition) is 2. The molecule has 0 aliphatic heterocycles. The summed E-state index contributed by atoms with van der Waals surface area (Å²) >= 11 is 0. The maximum atomic E-state index is 6.34. The predicted octanol–water partition coefficient (Wildman–Crippen LogP) is 18.9. The van der Waals surface area contributed by atoms with E-state index in [0.29, 0.717) is 0 Å². The van der Waals surface area contributed by atoms with Gasteiger partial charge in [-0.3, -0.25) is 0 Å². The molecular weight excluding hydrogens is 837 g/mol. The molecule has 69 heavy (non-hydrogen) atoms. The average Bonchev–Trinajstić information content (AvgIpc) is 3.91. The van der Waals surface area contributed by atoms with Crippen LogP contribution in [0.3, 0.4) is 0 Å². The van der Waals surface area contributed by atoms with Gasteiger partial charge in [0.05, 0.1) is 16.7 Å². The van der Waals surface area contributed by atoms with Crippen molar-refractivity contribution in [1.82, 2.24) is 4.57 Å². The minimum Gasteiger partial charge on any atom is -0.456 e. The minimum absolute atomic E-state index is 0.0143. The monoisotopic (exact) mass is 890 g/mol. The molecule has 12 aromatic rings. The van der Waals surface area contributed by atoms with Gasteiger partial charge in [-0.25, -0.2) is 0 Å². The lowest BCUT2D eigenvalue weighted by Crippen LogP contribution is -2.16. The lowest BCUT2D eigenvalue weighted by molar-refractivity contribution is 0.569. The maximum Gasteiger partial charge on any atom is 0.136 e. The summed E-state index contributed by atoms with van der Waals surface area (Å²) in [5, 5.41) is 7.17. The predicted molar refractivity (Wildman–Crippen MR) is 294 cm³/mol. The van der Waals surface area contributed by atoms with Crippen LogP contribution < -0.4 is 4.90 Å². The molecule has 12 rings (SSSR count). The van der Waals surface area contributed by atoms with E-state index in [1.807, 2.05) is 12.1 Å². The van der Waals surface area contributed by atoms with Gasteiger partial charge in [0.2, 0.25) is 0 Å². The van der Waals surface area contributed by atoms with Gasteiger partial charge in [-0.05, 0) is 127 Å². The summed E-state index contributed by atoms with van der Waals surface area (Å²) in [5.41, 5.74) is 18.2. The smallest absolute Gasteiger partial charge is 0.136 e. The Balaban J connectivity index is 1.08. The molecule has 0 amide bonds. The Morgan fingerprint density at radius 1 is 0.377 bits per heavy atom. The Kier molecular flexibility index (Phi) is 9.97. The molecule has 334 valence electrons. The summed E-state index contributed by atoms with van der Waals surface area (Å²) in [7, 11) is 0. The first-order valence-corrected chi connectivity index (χ1v) is 24.2. The van der Waals surface area contributed by atoms with Crippen LogP contribution in [0.2, 0.25) is 0 Å². The number of aromatic nitrogens is 1. The molecule has 0 saturated heterocycles. The maximum absolute atomic E-state index is 6.34. The SMILES string of the molecule is CC(C)(C)c1cc(-c2cccc3cccc(-c4ccccc4N(c4ccc(-c5ccc6c(c5)oc5ccccc56)cc4)c4ccc5c6ccccc6n(-c6ccccc6)c5c4)c23)cc(C(C)(C)C)c1. The van der Waals surface area contributed by atoms with Gasteiger partial charge in [0, 0.05) is 44.2 Å². The summed E-state index contributed by atoms with van der Waals surface area (Å²) in [6.45, 7) is 13.9. The fourth-order valence-electron chi connectivity index (χ4n) is 10.4. The van der Waals surface area contributed by atoms with Crippen molar-refractivity contribution < 1.29 is 4.42 Å². The third-order valence-corrected chi connectivity index (χ3v) is 14.1. The van der Waals surface area contributed by atoms with Crippen molar-refractivity contribution in [3.05, 3.63) is 230 Å². The normalized spacial score (nSPS) is 12.2. The summed E-state index contributed by atoms with van der Waals surface area (Å²) in [6.07, 6.45) is 0. The van der Waals surface area contributed by atoms with E-state index in [1.54, 1.807) is 0 Å². The third-order valence-electron chi connectivity index (χ3n) is 14.1. The lowest BCUT2D eigenvalue weighted by Gasteiger charge is -2.29. The Morgan fingerprint density at radius 2 is 0.957 bits per heavy atom. The Bertz CT molecular complexity index is 3870. The Hall–Kier alpha value is -8.14. The van der Waals surface area contributed by atoms with Crippen molar-refractivity contribution in [2.45, 2.75) is 52.4 Å². The van der Waals surface area contributed by atoms with Gasteiger partial charge in [-0.2, -0.15) is 0 Å². The summed E-state index contributed by atoms with van der Waals surface area (Å²) in [5.74, 6) is 0. The van der Waals surface area contributed by atoms with Crippen LogP contribution in [0.1, 0.15) is 52.7 Å². The van der Waals surface area contributed by atoms with Gasteiger partial charge in [-0.1, -0.05) is 193 Å². The Morgan fingerprint density at radius 3 is 1.71 bits per heavy atom. The number of fused-ring (bicyclic) bond motifs is 7. The molecule has 0 spiro atoms. The number of benzene rings is 10. The van der Waals surface area contributed by atoms with Gasteiger partial charge >= 0.3 is 0 Å². The van der Waals surface area contributed by atoms with Gasteiger partial charge in [0.15, 0.2) is 0 Å². The number of rotatable bonds is 7. The zero-order valence-corrected chi connectivity index (χ0v) is 40.1. The number of anilines is 3. The second kappa shape index (κ2) is 16.3. The zero-order chi connectivity index (χ0) is 47.0. The highest BCUT2D eigenvalue weighted by molar-refractivity contribution is 6.12. The molecule has 10 aromatic carbocycles. The third kappa shape index (κ3) is 7.37. The van der Waals surface area contributed by atoms with Gasteiger partial charge < -0.3 is 13.9 Å². The first kappa shape index (κ1) is 42.2. The molecule has 0 aliphatic rings. The fraction of sp³-hybridized carbons (Fsp3) is 0.121. The van der Waals surface area contributed by atoms with Crippen LogP contribution in [0.15, 0.2) is 223 Å². The number of furan rings is 1. The molecular formula is C66H54N2O. The number of hydrogen-bond donors (Lipinski definition) is 0. The molecule has 3 nitrogen and oxygen atoms in total.